The highest BCUT2D eigenvalue weighted by Gasteiger charge is 2.16. The fourth-order valence-electron chi connectivity index (χ4n) is 2.42. The molecule has 25 heavy (non-hydrogen) atoms. The number of hydrogen-bond acceptors (Lipinski definition) is 2. The molecule has 0 aliphatic rings. The van der Waals surface area contributed by atoms with Crippen LogP contribution in [0.3, 0.4) is 0 Å². The van der Waals surface area contributed by atoms with Crippen LogP contribution < -0.4 is 10.2 Å². The van der Waals surface area contributed by atoms with Gasteiger partial charge in [-0.2, -0.15) is 0 Å². The summed E-state index contributed by atoms with van der Waals surface area (Å²) >= 11 is 0. The third kappa shape index (κ3) is 5.67. The lowest BCUT2D eigenvalue weighted by Gasteiger charge is -2.21. The lowest BCUT2D eigenvalue weighted by molar-refractivity contribution is -0.121. The zero-order valence-corrected chi connectivity index (χ0v) is 14.0. The van der Waals surface area contributed by atoms with Crippen LogP contribution in [0.1, 0.15) is 18.9 Å². The van der Waals surface area contributed by atoms with E-state index >= 15 is 0 Å². The molecule has 6 heteroatoms. The number of halogens is 2. The number of benzene rings is 2. The van der Waals surface area contributed by atoms with E-state index in [0.717, 1.165) is 5.56 Å². The number of nitrogens with zero attached hydrogens (tertiary/aromatic N) is 1. The molecule has 0 spiro atoms. The number of hydrogen-bond donors (Lipinski definition) is 1. The highest BCUT2D eigenvalue weighted by Crippen LogP contribution is 2.19. The van der Waals surface area contributed by atoms with E-state index in [0.29, 0.717) is 13.0 Å². The predicted molar refractivity (Wildman–Crippen MR) is 92.2 cm³/mol. The first-order valence-corrected chi connectivity index (χ1v) is 8.01. The van der Waals surface area contributed by atoms with Gasteiger partial charge >= 0.3 is 0 Å². The summed E-state index contributed by atoms with van der Waals surface area (Å²) < 4.78 is 26.6. The van der Waals surface area contributed by atoms with Gasteiger partial charge in [-0.1, -0.05) is 24.3 Å². The lowest BCUT2D eigenvalue weighted by atomic mass is 10.1. The van der Waals surface area contributed by atoms with Crippen LogP contribution in [-0.2, 0) is 16.0 Å². The molecule has 2 aromatic carbocycles. The van der Waals surface area contributed by atoms with Crippen molar-refractivity contribution < 1.29 is 18.4 Å². The van der Waals surface area contributed by atoms with Crippen LogP contribution in [0.15, 0.2) is 48.5 Å². The molecule has 2 amide bonds. The highest BCUT2D eigenvalue weighted by atomic mass is 19.1. The second-order valence-corrected chi connectivity index (χ2v) is 5.60. The molecule has 2 aromatic rings. The maximum atomic E-state index is 13.8. The fourth-order valence-corrected chi connectivity index (χ4v) is 2.42. The van der Waals surface area contributed by atoms with Gasteiger partial charge in [-0.25, -0.2) is 8.78 Å². The third-order valence-corrected chi connectivity index (χ3v) is 3.73. The number of nitrogens with one attached hydrogen (secondary N) is 1. The minimum Gasteiger partial charge on any atom is -0.356 e. The minimum absolute atomic E-state index is 0.0668. The molecule has 0 aromatic heterocycles. The zero-order chi connectivity index (χ0) is 18.2. The van der Waals surface area contributed by atoms with Crippen molar-refractivity contribution in [1.82, 2.24) is 5.32 Å². The Balaban J connectivity index is 1.82. The molecule has 2 rings (SSSR count). The van der Waals surface area contributed by atoms with E-state index in [9.17, 15) is 18.4 Å². The summed E-state index contributed by atoms with van der Waals surface area (Å²) in [5.41, 5.74) is 1.08. The summed E-state index contributed by atoms with van der Waals surface area (Å²) in [7, 11) is 0. The quantitative estimate of drug-likeness (QED) is 0.838. The van der Waals surface area contributed by atoms with Gasteiger partial charge in [-0.15, -0.1) is 0 Å². The van der Waals surface area contributed by atoms with Crippen molar-refractivity contribution in [3.63, 3.8) is 0 Å². The number of amides is 2. The van der Waals surface area contributed by atoms with Crippen LogP contribution in [0.4, 0.5) is 14.5 Å². The maximum absolute atomic E-state index is 13.8. The second-order valence-electron chi connectivity index (χ2n) is 5.60. The lowest BCUT2D eigenvalue weighted by Crippen LogP contribution is -2.34. The van der Waals surface area contributed by atoms with Gasteiger partial charge in [0.05, 0.1) is 5.69 Å². The number of anilines is 1. The monoisotopic (exact) mass is 346 g/mol. The van der Waals surface area contributed by atoms with E-state index in [4.69, 9.17) is 0 Å². The maximum Gasteiger partial charge on any atom is 0.223 e. The summed E-state index contributed by atoms with van der Waals surface area (Å²) in [5.74, 6) is -1.37. The van der Waals surface area contributed by atoms with Crippen LogP contribution >= 0.6 is 0 Å². The van der Waals surface area contributed by atoms with Crippen LogP contribution in [0, 0.1) is 11.6 Å². The SMILES string of the molecule is CC(=O)N(CCC(=O)NCCc1ccc(F)cc1)c1ccccc1F. The molecule has 0 radical (unpaired) electrons. The molecule has 0 saturated carbocycles. The van der Waals surface area contributed by atoms with Gasteiger partial charge in [0.2, 0.25) is 11.8 Å². The van der Waals surface area contributed by atoms with Gasteiger partial charge in [-0.05, 0) is 36.2 Å². The Labute approximate surface area is 145 Å². The van der Waals surface area contributed by atoms with Gasteiger partial charge in [0, 0.05) is 26.4 Å². The number of para-hydroxylation sites is 1. The van der Waals surface area contributed by atoms with Crippen molar-refractivity contribution in [2.45, 2.75) is 19.8 Å². The van der Waals surface area contributed by atoms with Gasteiger partial charge in [0.15, 0.2) is 0 Å². The smallest absolute Gasteiger partial charge is 0.223 e. The molecule has 4 nitrogen and oxygen atoms in total. The molecule has 0 unspecified atom stereocenters. The summed E-state index contributed by atoms with van der Waals surface area (Å²) in [6, 6.07) is 12.0. The Morgan fingerprint density at radius 3 is 2.36 bits per heavy atom. The Kier molecular flexibility index (Phi) is 6.62. The molecule has 0 fully saturated rings. The number of rotatable bonds is 7. The fraction of sp³-hybridized carbons (Fsp3) is 0.263. The molecule has 1 N–H and O–H groups in total. The Bertz CT molecular complexity index is 732. The van der Waals surface area contributed by atoms with E-state index in [-0.39, 0.29) is 36.3 Å². The van der Waals surface area contributed by atoms with Gasteiger partial charge in [-0.3, -0.25) is 9.59 Å². The van der Waals surface area contributed by atoms with Crippen molar-refractivity contribution in [2.24, 2.45) is 0 Å². The predicted octanol–water partition coefficient (Wildman–Crippen LogP) is 3.07. The Morgan fingerprint density at radius 2 is 1.72 bits per heavy atom. The molecule has 0 aliphatic heterocycles. The molecule has 0 heterocycles. The van der Waals surface area contributed by atoms with Crippen LogP contribution in [0.5, 0.6) is 0 Å². The average Bonchev–Trinajstić information content (AvgIpc) is 2.58. The summed E-state index contributed by atoms with van der Waals surface area (Å²) in [6.45, 7) is 1.84. The van der Waals surface area contributed by atoms with E-state index < -0.39 is 5.82 Å². The normalized spacial score (nSPS) is 10.4. The van der Waals surface area contributed by atoms with Crippen LogP contribution in [-0.4, -0.2) is 24.9 Å². The molecular weight excluding hydrogens is 326 g/mol. The van der Waals surface area contributed by atoms with Gasteiger partial charge in [0.25, 0.3) is 0 Å². The topological polar surface area (TPSA) is 49.4 Å². The molecule has 132 valence electrons. The van der Waals surface area contributed by atoms with Gasteiger partial charge in [0.1, 0.15) is 11.6 Å². The van der Waals surface area contributed by atoms with Crippen molar-refractivity contribution in [3.05, 3.63) is 65.7 Å². The largest absolute Gasteiger partial charge is 0.356 e. The first-order chi connectivity index (χ1) is 12.0. The minimum atomic E-state index is -0.505. The summed E-state index contributed by atoms with van der Waals surface area (Å²) in [4.78, 5) is 24.9. The average molecular weight is 346 g/mol. The van der Waals surface area contributed by atoms with Crippen molar-refractivity contribution in [1.29, 1.82) is 0 Å². The zero-order valence-electron chi connectivity index (χ0n) is 14.0. The van der Waals surface area contributed by atoms with Crippen LogP contribution in [0.2, 0.25) is 0 Å². The third-order valence-electron chi connectivity index (χ3n) is 3.73. The molecule has 0 atom stereocenters. The number of carbonyl (C=O) groups excluding carboxylic acids is 2. The number of carbonyl (C=O) groups is 2. The van der Waals surface area contributed by atoms with Crippen molar-refractivity contribution in [2.75, 3.05) is 18.0 Å². The van der Waals surface area contributed by atoms with Crippen LogP contribution in [0.25, 0.3) is 0 Å². The molecule has 0 saturated heterocycles. The molecular formula is C19H20F2N2O2. The second kappa shape index (κ2) is 8.92. The highest BCUT2D eigenvalue weighted by molar-refractivity contribution is 5.92. The van der Waals surface area contributed by atoms with E-state index in [2.05, 4.69) is 5.32 Å². The first kappa shape index (κ1) is 18.6. The van der Waals surface area contributed by atoms with E-state index in [1.165, 1.54) is 36.1 Å². The van der Waals surface area contributed by atoms with E-state index in [1.54, 1.807) is 24.3 Å². The molecule has 0 aliphatic carbocycles. The summed E-state index contributed by atoms with van der Waals surface area (Å²) in [5, 5.41) is 2.74. The summed E-state index contributed by atoms with van der Waals surface area (Å²) in [6.07, 6.45) is 0.646. The van der Waals surface area contributed by atoms with Crippen molar-refractivity contribution in [3.8, 4) is 0 Å². The van der Waals surface area contributed by atoms with Gasteiger partial charge < -0.3 is 10.2 Å². The first-order valence-electron chi connectivity index (χ1n) is 8.01. The Hall–Kier alpha value is -2.76. The Morgan fingerprint density at radius 1 is 1.04 bits per heavy atom. The van der Waals surface area contributed by atoms with E-state index in [1.807, 2.05) is 0 Å². The standard InChI is InChI=1S/C19H20F2N2O2/c1-14(24)23(18-5-3-2-4-17(18)21)13-11-19(25)22-12-10-15-6-8-16(20)9-7-15/h2-9H,10-13H2,1H3,(H,22,25). The van der Waals surface area contributed by atoms with Crippen molar-refractivity contribution >= 4 is 17.5 Å². The molecule has 0 bridgehead atoms.